The van der Waals surface area contributed by atoms with Crippen LogP contribution in [-0.2, 0) is 13.0 Å². The second kappa shape index (κ2) is 5.41. The number of nitrogens with zero attached hydrogens (tertiary/aromatic N) is 3. The topological polar surface area (TPSA) is 30.7 Å². The third-order valence-corrected chi connectivity index (χ3v) is 4.45. The van der Waals surface area contributed by atoms with Crippen LogP contribution in [0.25, 0.3) is 11.4 Å². The maximum Gasteiger partial charge on any atom is 0.110 e. The van der Waals surface area contributed by atoms with E-state index in [4.69, 9.17) is 4.98 Å². The molecule has 3 heterocycles. The van der Waals surface area contributed by atoms with Gasteiger partial charge in [-0.25, -0.2) is 4.98 Å². The molecule has 22 heavy (non-hydrogen) atoms. The molecule has 0 radical (unpaired) electrons. The molecule has 0 N–H and O–H groups in total. The maximum absolute atomic E-state index is 4.82. The average Bonchev–Trinajstić information content (AvgIpc) is 2.99. The summed E-state index contributed by atoms with van der Waals surface area (Å²) >= 11 is 0. The molecule has 0 saturated heterocycles. The first-order chi connectivity index (χ1) is 10.8. The highest BCUT2D eigenvalue weighted by molar-refractivity contribution is 5.53. The van der Waals surface area contributed by atoms with Crippen LogP contribution in [0.5, 0.6) is 0 Å². The largest absolute Gasteiger partial charge is 0.334 e. The number of pyridine rings is 1. The van der Waals surface area contributed by atoms with E-state index in [1.165, 1.54) is 23.4 Å². The standard InChI is InChI=1S/C19H19N3/c1-14-5-4-6-15(11-14)16-8-10-22-13-18(21-19(22)12-16)17-7-2-3-9-20-17/h2-7,9,11,13,16H,8,10,12H2,1H3. The van der Waals surface area contributed by atoms with Crippen LogP contribution in [0.3, 0.4) is 0 Å². The molecule has 110 valence electrons. The molecular weight excluding hydrogens is 270 g/mol. The quantitative estimate of drug-likeness (QED) is 0.714. The first kappa shape index (κ1) is 13.3. The van der Waals surface area contributed by atoms with E-state index in [9.17, 15) is 0 Å². The van der Waals surface area contributed by atoms with E-state index in [-0.39, 0.29) is 0 Å². The van der Waals surface area contributed by atoms with Crippen molar-refractivity contribution in [3.05, 3.63) is 71.8 Å². The first-order valence-corrected chi connectivity index (χ1v) is 7.83. The lowest BCUT2D eigenvalue weighted by molar-refractivity contribution is 0.465. The molecule has 0 fully saturated rings. The Labute approximate surface area is 130 Å². The van der Waals surface area contributed by atoms with Gasteiger partial charge in [-0.2, -0.15) is 0 Å². The van der Waals surface area contributed by atoms with Gasteiger partial charge in [-0.15, -0.1) is 0 Å². The number of aryl methyl sites for hydroxylation is 2. The highest BCUT2D eigenvalue weighted by Crippen LogP contribution is 2.31. The van der Waals surface area contributed by atoms with Crippen molar-refractivity contribution < 1.29 is 0 Å². The molecule has 1 aliphatic rings. The number of hydrogen-bond acceptors (Lipinski definition) is 2. The molecule has 0 aliphatic carbocycles. The third kappa shape index (κ3) is 2.43. The van der Waals surface area contributed by atoms with Gasteiger partial charge in [0.05, 0.1) is 5.69 Å². The molecule has 4 rings (SSSR count). The molecule has 0 bridgehead atoms. The fourth-order valence-electron chi connectivity index (χ4n) is 3.27. The zero-order valence-corrected chi connectivity index (χ0v) is 12.7. The Morgan fingerprint density at radius 1 is 1.09 bits per heavy atom. The van der Waals surface area contributed by atoms with Crippen LogP contribution in [0, 0.1) is 6.92 Å². The molecule has 1 aliphatic heterocycles. The van der Waals surface area contributed by atoms with Crippen molar-refractivity contribution in [2.45, 2.75) is 32.2 Å². The van der Waals surface area contributed by atoms with E-state index in [0.717, 1.165) is 24.4 Å². The number of rotatable bonds is 2. The van der Waals surface area contributed by atoms with Crippen LogP contribution in [-0.4, -0.2) is 14.5 Å². The highest BCUT2D eigenvalue weighted by atomic mass is 15.1. The molecule has 1 atom stereocenters. The Balaban J connectivity index is 1.63. The van der Waals surface area contributed by atoms with Gasteiger partial charge < -0.3 is 4.57 Å². The normalized spacial score (nSPS) is 17.2. The Morgan fingerprint density at radius 3 is 2.86 bits per heavy atom. The zero-order chi connectivity index (χ0) is 14.9. The monoisotopic (exact) mass is 289 g/mol. The van der Waals surface area contributed by atoms with E-state index in [2.05, 4.69) is 46.9 Å². The van der Waals surface area contributed by atoms with Crippen LogP contribution >= 0.6 is 0 Å². The minimum Gasteiger partial charge on any atom is -0.334 e. The highest BCUT2D eigenvalue weighted by Gasteiger charge is 2.22. The van der Waals surface area contributed by atoms with Crippen molar-refractivity contribution in [3.8, 4) is 11.4 Å². The van der Waals surface area contributed by atoms with E-state index >= 15 is 0 Å². The second-order valence-electron chi connectivity index (χ2n) is 6.05. The summed E-state index contributed by atoms with van der Waals surface area (Å²) in [7, 11) is 0. The predicted molar refractivity (Wildman–Crippen MR) is 87.7 cm³/mol. The first-order valence-electron chi connectivity index (χ1n) is 7.83. The summed E-state index contributed by atoms with van der Waals surface area (Å²) in [5.74, 6) is 1.75. The smallest absolute Gasteiger partial charge is 0.110 e. The van der Waals surface area contributed by atoms with Gasteiger partial charge in [0.25, 0.3) is 0 Å². The van der Waals surface area contributed by atoms with Crippen LogP contribution in [0.2, 0.25) is 0 Å². The van der Waals surface area contributed by atoms with E-state index in [1.807, 2.05) is 24.4 Å². The number of hydrogen-bond donors (Lipinski definition) is 0. The minimum absolute atomic E-state index is 0.575. The van der Waals surface area contributed by atoms with Gasteiger partial charge in [-0.1, -0.05) is 35.9 Å². The van der Waals surface area contributed by atoms with Crippen LogP contribution in [0.15, 0.2) is 54.9 Å². The van der Waals surface area contributed by atoms with E-state index in [1.54, 1.807) is 0 Å². The SMILES string of the molecule is Cc1cccc(C2CCn3cc(-c4ccccn4)nc3C2)c1. The zero-order valence-electron chi connectivity index (χ0n) is 12.7. The predicted octanol–water partition coefficient (Wildman–Crippen LogP) is 3.98. The fourth-order valence-corrected chi connectivity index (χ4v) is 3.27. The molecule has 3 heteroatoms. The van der Waals surface area contributed by atoms with Gasteiger partial charge in [0.1, 0.15) is 11.5 Å². The second-order valence-corrected chi connectivity index (χ2v) is 6.05. The molecule has 3 aromatic rings. The summed E-state index contributed by atoms with van der Waals surface area (Å²) in [5, 5.41) is 0. The van der Waals surface area contributed by atoms with Gasteiger partial charge in [0.2, 0.25) is 0 Å². The Bertz CT molecular complexity index is 789. The van der Waals surface area contributed by atoms with E-state index in [0.29, 0.717) is 5.92 Å². The minimum atomic E-state index is 0.575. The van der Waals surface area contributed by atoms with Crippen LogP contribution < -0.4 is 0 Å². The number of aromatic nitrogens is 3. The molecule has 1 aromatic carbocycles. The summed E-state index contributed by atoms with van der Waals surface area (Å²) in [5.41, 5.74) is 4.71. The summed E-state index contributed by atoms with van der Waals surface area (Å²) in [4.78, 5) is 9.23. The summed E-state index contributed by atoms with van der Waals surface area (Å²) < 4.78 is 2.29. The lowest BCUT2D eigenvalue weighted by Crippen LogP contribution is -2.17. The Morgan fingerprint density at radius 2 is 2.05 bits per heavy atom. The average molecular weight is 289 g/mol. The molecule has 2 aromatic heterocycles. The van der Waals surface area contributed by atoms with Crippen molar-refractivity contribution in [3.63, 3.8) is 0 Å². The van der Waals surface area contributed by atoms with E-state index < -0.39 is 0 Å². The van der Waals surface area contributed by atoms with Gasteiger partial charge in [-0.3, -0.25) is 4.98 Å². The Kier molecular flexibility index (Phi) is 3.26. The van der Waals surface area contributed by atoms with Crippen LogP contribution in [0.4, 0.5) is 0 Å². The fraction of sp³-hybridized carbons (Fsp3) is 0.263. The van der Waals surface area contributed by atoms with Crippen molar-refractivity contribution in [2.75, 3.05) is 0 Å². The molecule has 0 spiro atoms. The maximum atomic E-state index is 4.82. The third-order valence-electron chi connectivity index (χ3n) is 4.45. The summed E-state index contributed by atoms with van der Waals surface area (Å²) in [6.45, 7) is 3.19. The van der Waals surface area contributed by atoms with Gasteiger partial charge >= 0.3 is 0 Å². The number of imidazole rings is 1. The Hall–Kier alpha value is -2.42. The molecule has 1 unspecified atom stereocenters. The van der Waals surface area contributed by atoms with Crippen molar-refractivity contribution >= 4 is 0 Å². The lowest BCUT2D eigenvalue weighted by Gasteiger charge is -2.23. The van der Waals surface area contributed by atoms with Crippen molar-refractivity contribution in [1.82, 2.24) is 14.5 Å². The molecular formula is C19H19N3. The van der Waals surface area contributed by atoms with Gasteiger partial charge in [-0.05, 0) is 37.0 Å². The molecule has 0 saturated carbocycles. The van der Waals surface area contributed by atoms with Crippen LogP contribution in [0.1, 0.15) is 29.3 Å². The van der Waals surface area contributed by atoms with Crippen molar-refractivity contribution in [1.29, 1.82) is 0 Å². The number of fused-ring (bicyclic) bond motifs is 1. The van der Waals surface area contributed by atoms with Gasteiger partial charge in [0, 0.05) is 25.4 Å². The van der Waals surface area contributed by atoms with Crippen molar-refractivity contribution in [2.24, 2.45) is 0 Å². The lowest BCUT2D eigenvalue weighted by atomic mass is 9.89. The molecule has 0 amide bonds. The summed E-state index contributed by atoms with van der Waals surface area (Å²) in [6, 6.07) is 14.8. The number of benzene rings is 1. The summed E-state index contributed by atoms with van der Waals surface area (Å²) in [6.07, 6.45) is 6.15. The van der Waals surface area contributed by atoms with Gasteiger partial charge in [0.15, 0.2) is 0 Å². The molecule has 3 nitrogen and oxygen atoms in total.